The van der Waals surface area contributed by atoms with Crippen LogP contribution >= 0.6 is 11.6 Å². The zero-order valence-electron chi connectivity index (χ0n) is 17.0. The van der Waals surface area contributed by atoms with Gasteiger partial charge < -0.3 is 24.4 Å². The quantitative estimate of drug-likeness (QED) is 0.628. The van der Waals surface area contributed by atoms with Gasteiger partial charge in [0.1, 0.15) is 5.75 Å². The molecule has 1 aliphatic heterocycles. The van der Waals surface area contributed by atoms with Crippen molar-refractivity contribution in [3.05, 3.63) is 52.5 Å². The summed E-state index contributed by atoms with van der Waals surface area (Å²) in [6.45, 7) is 4.16. The summed E-state index contributed by atoms with van der Waals surface area (Å²) in [5, 5.41) is 3.96. The first-order valence-corrected chi connectivity index (χ1v) is 10.1. The summed E-state index contributed by atoms with van der Waals surface area (Å²) in [6.07, 6.45) is 1.43. The summed E-state index contributed by atoms with van der Waals surface area (Å²) in [7, 11) is 3.27. The van der Waals surface area contributed by atoms with E-state index in [0.717, 1.165) is 37.4 Å². The first kappa shape index (κ1) is 21.3. The number of hydrogen-bond donors (Lipinski definition) is 1. The standard InChI is InChI=1S/C22H27ClN2O4/c1-15-25(22(26)18-14-17(23)6-8-19(18)29-15)12-4-10-24-11-9-16-5-7-20(27-2)21(13-16)28-3/h5-8,13-15,24H,4,9-12H2,1-3H3. The first-order chi connectivity index (χ1) is 14.0. The van der Waals surface area contributed by atoms with E-state index < -0.39 is 0 Å². The van der Waals surface area contributed by atoms with E-state index in [1.807, 2.05) is 25.1 Å². The molecule has 6 nitrogen and oxygen atoms in total. The van der Waals surface area contributed by atoms with Crippen LogP contribution in [0.15, 0.2) is 36.4 Å². The van der Waals surface area contributed by atoms with Crippen LogP contribution in [-0.4, -0.2) is 50.9 Å². The van der Waals surface area contributed by atoms with E-state index in [1.54, 1.807) is 37.3 Å². The molecule has 0 fully saturated rings. The molecule has 0 aromatic heterocycles. The number of hydrogen-bond acceptors (Lipinski definition) is 5. The van der Waals surface area contributed by atoms with Crippen LogP contribution in [0.2, 0.25) is 5.02 Å². The predicted molar refractivity (Wildman–Crippen MR) is 113 cm³/mol. The molecule has 2 aromatic carbocycles. The highest BCUT2D eigenvalue weighted by Crippen LogP contribution is 2.30. The van der Waals surface area contributed by atoms with Crippen molar-refractivity contribution < 1.29 is 19.0 Å². The smallest absolute Gasteiger partial charge is 0.260 e. The number of carbonyl (C=O) groups is 1. The van der Waals surface area contributed by atoms with E-state index in [0.29, 0.717) is 22.9 Å². The normalized spacial score (nSPS) is 15.7. The molecule has 0 spiro atoms. The van der Waals surface area contributed by atoms with Crippen molar-refractivity contribution in [2.24, 2.45) is 0 Å². The minimum atomic E-state index is -0.289. The van der Waals surface area contributed by atoms with Gasteiger partial charge in [0.05, 0.1) is 19.8 Å². The average Bonchev–Trinajstić information content (AvgIpc) is 2.73. The number of nitrogens with one attached hydrogen (secondary N) is 1. The maximum atomic E-state index is 12.7. The van der Waals surface area contributed by atoms with Crippen LogP contribution in [0.4, 0.5) is 0 Å². The highest BCUT2D eigenvalue weighted by atomic mass is 35.5. The molecule has 1 amide bonds. The van der Waals surface area contributed by atoms with Crippen LogP contribution in [0.25, 0.3) is 0 Å². The summed E-state index contributed by atoms with van der Waals surface area (Å²) in [5.74, 6) is 2.03. The third-order valence-electron chi connectivity index (χ3n) is 4.96. The molecule has 1 N–H and O–H groups in total. The van der Waals surface area contributed by atoms with Gasteiger partial charge in [0, 0.05) is 11.6 Å². The van der Waals surface area contributed by atoms with Gasteiger partial charge in [0.15, 0.2) is 17.7 Å². The van der Waals surface area contributed by atoms with Gasteiger partial charge in [-0.2, -0.15) is 0 Å². The minimum absolute atomic E-state index is 0.0356. The van der Waals surface area contributed by atoms with Crippen molar-refractivity contribution in [3.63, 3.8) is 0 Å². The zero-order valence-corrected chi connectivity index (χ0v) is 17.8. The third-order valence-corrected chi connectivity index (χ3v) is 5.20. The van der Waals surface area contributed by atoms with Gasteiger partial charge >= 0.3 is 0 Å². The molecule has 0 bridgehead atoms. The van der Waals surface area contributed by atoms with Crippen LogP contribution in [0.5, 0.6) is 17.2 Å². The van der Waals surface area contributed by atoms with Gasteiger partial charge in [0.25, 0.3) is 5.91 Å². The maximum Gasteiger partial charge on any atom is 0.260 e. The molecule has 1 aliphatic rings. The second-order valence-corrected chi connectivity index (χ2v) is 7.34. The zero-order chi connectivity index (χ0) is 20.8. The lowest BCUT2D eigenvalue weighted by Crippen LogP contribution is -2.46. The molecule has 3 rings (SSSR count). The van der Waals surface area contributed by atoms with Crippen molar-refractivity contribution in [2.45, 2.75) is 26.0 Å². The monoisotopic (exact) mass is 418 g/mol. The van der Waals surface area contributed by atoms with Crippen LogP contribution in [0.3, 0.4) is 0 Å². The van der Waals surface area contributed by atoms with Gasteiger partial charge in [-0.25, -0.2) is 0 Å². The number of methoxy groups -OCH3 is 2. The van der Waals surface area contributed by atoms with Gasteiger partial charge in [-0.3, -0.25) is 4.79 Å². The Bertz CT molecular complexity index is 859. The fourth-order valence-electron chi connectivity index (χ4n) is 3.39. The molecular weight excluding hydrogens is 392 g/mol. The molecule has 1 unspecified atom stereocenters. The molecule has 0 radical (unpaired) electrons. The number of halogens is 1. The third kappa shape index (κ3) is 5.14. The molecule has 7 heteroatoms. The average molecular weight is 419 g/mol. The summed E-state index contributed by atoms with van der Waals surface area (Å²) in [5.41, 5.74) is 1.70. The summed E-state index contributed by atoms with van der Waals surface area (Å²) in [4.78, 5) is 14.5. The minimum Gasteiger partial charge on any atom is -0.493 e. The first-order valence-electron chi connectivity index (χ1n) is 9.72. The van der Waals surface area contributed by atoms with Crippen LogP contribution < -0.4 is 19.5 Å². The Kier molecular flexibility index (Phi) is 7.23. The van der Waals surface area contributed by atoms with Crippen molar-refractivity contribution in [2.75, 3.05) is 33.9 Å². The topological polar surface area (TPSA) is 60.0 Å². The Hall–Kier alpha value is -2.44. The molecule has 0 saturated heterocycles. The van der Waals surface area contributed by atoms with Gasteiger partial charge in [-0.1, -0.05) is 17.7 Å². The number of amides is 1. The molecule has 156 valence electrons. The van der Waals surface area contributed by atoms with E-state index in [2.05, 4.69) is 5.32 Å². The second-order valence-electron chi connectivity index (χ2n) is 6.90. The summed E-state index contributed by atoms with van der Waals surface area (Å²) >= 11 is 6.02. The predicted octanol–water partition coefficient (Wildman–Crippen LogP) is 3.76. The number of fused-ring (bicyclic) bond motifs is 1. The highest BCUT2D eigenvalue weighted by Gasteiger charge is 2.30. The van der Waals surface area contributed by atoms with E-state index in [4.69, 9.17) is 25.8 Å². The Balaban J connectivity index is 1.43. The molecular formula is C22H27ClN2O4. The molecule has 1 atom stereocenters. The number of rotatable bonds is 9. The van der Waals surface area contributed by atoms with Crippen molar-refractivity contribution in [1.82, 2.24) is 10.2 Å². The van der Waals surface area contributed by atoms with E-state index in [1.165, 1.54) is 5.56 Å². The largest absolute Gasteiger partial charge is 0.493 e. The number of ether oxygens (including phenoxy) is 3. The number of carbonyl (C=O) groups excluding carboxylic acids is 1. The van der Waals surface area contributed by atoms with Crippen LogP contribution in [0.1, 0.15) is 29.3 Å². The van der Waals surface area contributed by atoms with E-state index in [9.17, 15) is 4.79 Å². The van der Waals surface area contributed by atoms with E-state index >= 15 is 0 Å². The number of benzene rings is 2. The summed E-state index contributed by atoms with van der Waals surface area (Å²) < 4.78 is 16.5. The van der Waals surface area contributed by atoms with Crippen LogP contribution in [-0.2, 0) is 6.42 Å². The fourth-order valence-corrected chi connectivity index (χ4v) is 3.56. The van der Waals surface area contributed by atoms with Crippen molar-refractivity contribution in [1.29, 1.82) is 0 Å². The van der Waals surface area contributed by atoms with Gasteiger partial charge in [-0.05, 0) is 68.8 Å². The van der Waals surface area contributed by atoms with Gasteiger partial charge in [-0.15, -0.1) is 0 Å². The van der Waals surface area contributed by atoms with Crippen LogP contribution in [0, 0.1) is 0 Å². The lowest BCUT2D eigenvalue weighted by Gasteiger charge is -2.34. The molecule has 0 saturated carbocycles. The molecule has 2 aromatic rings. The maximum absolute atomic E-state index is 12.7. The van der Waals surface area contributed by atoms with Gasteiger partial charge in [0.2, 0.25) is 0 Å². The Morgan fingerprint density at radius 2 is 1.90 bits per heavy atom. The fraction of sp³-hybridized carbons (Fsp3) is 0.409. The van der Waals surface area contributed by atoms with E-state index in [-0.39, 0.29) is 12.1 Å². The Morgan fingerprint density at radius 1 is 1.10 bits per heavy atom. The Labute approximate surface area is 176 Å². The highest BCUT2D eigenvalue weighted by molar-refractivity contribution is 6.31. The summed E-state index contributed by atoms with van der Waals surface area (Å²) in [6, 6.07) is 11.1. The lowest BCUT2D eigenvalue weighted by atomic mass is 10.1. The second kappa shape index (κ2) is 9.85. The molecule has 29 heavy (non-hydrogen) atoms. The lowest BCUT2D eigenvalue weighted by molar-refractivity contribution is 0.0179. The number of nitrogens with zero attached hydrogens (tertiary/aromatic N) is 1. The van der Waals surface area contributed by atoms with Crippen molar-refractivity contribution in [3.8, 4) is 17.2 Å². The molecule has 1 heterocycles. The van der Waals surface area contributed by atoms with Crippen molar-refractivity contribution >= 4 is 17.5 Å². The molecule has 0 aliphatic carbocycles. The SMILES string of the molecule is COc1ccc(CCNCCCN2C(=O)c3cc(Cl)ccc3OC2C)cc1OC. The Morgan fingerprint density at radius 3 is 2.66 bits per heavy atom.